The zero-order valence-electron chi connectivity index (χ0n) is 17.0. The van der Waals surface area contributed by atoms with Crippen molar-refractivity contribution in [1.82, 2.24) is 5.32 Å². The fraction of sp³-hybridized carbons (Fsp3) is 0.875. The molecule has 7 N–H and O–H groups in total. The zero-order valence-corrected chi connectivity index (χ0v) is 17.9. The molecule has 0 aromatic heterocycles. The lowest BCUT2D eigenvalue weighted by Crippen LogP contribution is -2.68. The van der Waals surface area contributed by atoms with Crippen LogP contribution in [0.25, 0.3) is 0 Å². The van der Waals surface area contributed by atoms with E-state index in [1.165, 1.54) is 6.92 Å². The first-order chi connectivity index (χ1) is 14.7. The van der Waals surface area contributed by atoms with E-state index in [-0.39, 0.29) is 6.42 Å². The van der Waals surface area contributed by atoms with E-state index in [0.717, 1.165) is 6.92 Å². The lowest BCUT2D eigenvalue weighted by atomic mass is 9.94. The van der Waals surface area contributed by atoms with Crippen molar-refractivity contribution in [3.05, 3.63) is 0 Å². The van der Waals surface area contributed by atoms with Gasteiger partial charge in [-0.2, -0.15) is 8.42 Å². The van der Waals surface area contributed by atoms with Gasteiger partial charge in [0.05, 0.1) is 12.7 Å². The van der Waals surface area contributed by atoms with Crippen molar-refractivity contribution in [2.45, 2.75) is 81.6 Å². The Morgan fingerprint density at radius 3 is 2.09 bits per heavy atom. The summed E-state index contributed by atoms with van der Waals surface area (Å²) in [5.41, 5.74) is 0. The molecule has 2 fully saturated rings. The van der Waals surface area contributed by atoms with Crippen LogP contribution in [0, 0.1) is 0 Å². The van der Waals surface area contributed by atoms with Gasteiger partial charge < -0.3 is 45.1 Å². The van der Waals surface area contributed by atoms with E-state index >= 15 is 0 Å². The van der Waals surface area contributed by atoms with Gasteiger partial charge in [0, 0.05) is 13.3 Å². The molecule has 15 nitrogen and oxygen atoms in total. The fourth-order valence-corrected chi connectivity index (χ4v) is 4.02. The van der Waals surface area contributed by atoms with E-state index in [4.69, 9.17) is 18.8 Å². The first-order valence-electron chi connectivity index (χ1n) is 9.47. The molecule has 10 atom stereocenters. The molecule has 32 heavy (non-hydrogen) atoms. The first kappa shape index (κ1) is 26.9. The minimum absolute atomic E-state index is 0.374. The van der Waals surface area contributed by atoms with Gasteiger partial charge in [0.2, 0.25) is 5.91 Å². The quantitative estimate of drug-likeness (QED) is 0.159. The maximum absolute atomic E-state index is 11.6. The van der Waals surface area contributed by atoms with Crippen molar-refractivity contribution in [2.24, 2.45) is 0 Å². The lowest BCUT2D eigenvalue weighted by Gasteiger charge is -2.47. The largest absolute Gasteiger partial charge is 0.397 e. The van der Waals surface area contributed by atoms with Gasteiger partial charge in [-0.3, -0.25) is 14.1 Å². The number of aliphatic hydroxyl groups excluding tert-OH is 5. The zero-order chi connectivity index (χ0) is 24.4. The standard InChI is InChI=1S/C16H27NO14S/c1-5(19)3-7-10(21)11(22)12(23)16(29-7)30-14-9(17-6(2)20)15(24)28-8(4-18)13(14)31-32(25,26)27/h7-16,18,21-24H,3-4H2,1-2H3,(H,17,20)(H,25,26,27)/t7?,8?,9-,10?,11?,12-,13?,14+,15?,16+/m0/s1. The van der Waals surface area contributed by atoms with Crippen LogP contribution in [0.3, 0.4) is 0 Å². The maximum atomic E-state index is 11.6. The molecule has 0 aliphatic carbocycles. The van der Waals surface area contributed by atoms with Crippen molar-refractivity contribution in [1.29, 1.82) is 0 Å². The number of ketones is 1. The van der Waals surface area contributed by atoms with Crippen LogP contribution in [0.15, 0.2) is 0 Å². The Balaban J connectivity index is 2.40. The van der Waals surface area contributed by atoms with Crippen molar-refractivity contribution in [3.63, 3.8) is 0 Å². The van der Waals surface area contributed by atoms with Crippen molar-refractivity contribution >= 4 is 22.1 Å². The van der Waals surface area contributed by atoms with Crippen LogP contribution >= 0.6 is 0 Å². The van der Waals surface area contributed by atoms with Crippen molar-refractivity contribution < 1.29 is 66.5 Å². The molecule has 1 amide bonds. The highest BCUT2D eigenvalue weighted by molar-refractivity contribution is 7.80. The second kappa shape index (κ2) is 10.7. The number of aliphatic hydroxyl groups is 5. The summed E-state index contributed by atoms with van der Waals surface area (Å²) in [6.07, 6.45) is -16.1. The molecule has 2 aliphatic rings. The number of ether oxygens (including phenoxy) is 3. The number of nitrogens with one attached hydrogen (secondary N) is 1. The van der Waals surface area contributed by atoms with Gasteiger partial charge in [-0.15, -0.1) is 0 Å². The molecule has 186 valence electrons. The molecule has 0 aromatic carbocycles. The highest BCUT2D eigenvalue weighted by Gasteiger charge is 2.53. The molecule has 6 unspecified atom stereocenters. The van der Waals surface area contributed by atoms with Gasteiger partial charge in [-0.05, 0) is 6.92 Å². The summed E-state index contributed by atoms with van der Waals surface area (Å²) in [5.74, 6) is -1.16. The summed E-state index contributed by atoms with van der Waals surface area (Å²) in [6.45, 7) is 1.31. The number of Topliss-reactive ketones (excluding diaryl/α,β-unsaturated/α-hetero) is 1. The van der Waals surface area contributed by atoms with Crippen molar-refractivity contribution in [2.75, 3.05) is 6.61 Å². The molecule has 0 aromatic rings. The third kappa shape index (κ3) is 6.61. The summed E-state index contributed by atoms with van der Waals surface area (Å²) >= 11 is 0. The third-order valence-corrected chi connectivity index (χ3v) is 5.36. The summed E-state index contributed by atoms with van der Waals surface area (Å²) < 4.78 is 52.3. The monoisotopic (exact) mass is 489 g/mol. The maximum Gasteiger partial charge on any atom is 0.397 e. The second-order valence-electron chi connectivity index (χ2n) is 7.48. The molecule has 2 aliphatic heterocycles. The van der Waals surface area contributed by atoms with Gasteiger partial charge in [0.1, 0.15) is 48.4 Å². The molecule has 0 spiro atoms. The molecule has 0 saturated carbocycles. The van der Waals surface area contributed by atoms with Crippen LogP contribution in [0.1, 0.15) is 20.3 Å². The van der Waals surface area contributed by atoms with Gasteiger partial charge in [-0.25, -0.2) is 4.18 Å². The molecule has 2 rings (SSSR count). The normalized spacial score (nSPS) is 40.6. The predicted octanol–water partition coefficient (Wildman–Crippen LogP) is -4.44. The van der Waals surface area contributed by atoms with E-state index in [2.05, 4.69) is 9.50 Å². The van der Waals surface area contributed by atoms with Gasteiger partial charge >= 0.3 is 10.4 Å². The Morgan fingerprint density at radius 1 is 0.969 bits per heavy atom. The Bertz CT molecular complexity index is 777. The summed E-state index contributed by atoms with van der Waals surface area (Å²) in [6, 6.07) is -1.56. The number of carbonyl (C=O) groups is 2. The minimum Gasteiger partial charge on any atom is -0.394 e. The molecule has 16 heteroatoms. The van der Waals surface area contributed by atoms with E-state index in [1.807, 2.05) is 0 Å². The Kier molecular flexibility index (Phi) is 9.05. The van der Waals surface area contributed by atoms with Crippen LogP contribution in [-0.4, -0.2) is 118 Å². The molecule has 2 saturated heterocycles. The number of rotatable bonds is 8. The third-order valence-electron chi connectivity index (χ3n) is 4.90. The minimum atomic E-state index is -5.17. The SMILES string of the molecule is CC(=O)CC1O[C@H](O[C@H]2C(OS(=O)(=O)O)C(CO)OC(O)[C@H]2NC(C)=O)[C@@H](O)C(O)C1O. The Labute approximate surface area is 182 Å². The molecule has 2 heterocycles. The summed E-state index contributed by atoms with van der Waals surface area (Å²) in [7, 11) is -5.17. The number of amides is 1. The Hall–Kier alpha value is -1.31. The number of carbonyl (C=O) groups excluding carboxylic acids is 2. The molecule has 0 radical (unpaired) electrons. The van der Waals surface area contributed by atoms with Gasteiger partial charge in [0.25, 0.3) is 0 Å². The van der Waals surface area contributed by atoms with Crippen molar-refractivity contribution in [3.8, 4) is 0 Å². The molecule has 0 bridgehead atoms. The number of hydrogen-bond donors (Lipinski definition) is 7. The Morgan fingerprint density at radius 2 is 1.59 bits per heavy atom. The van der Waals surface area contributed by atoms with Crippen LogP contribution < -0.4 is 5.32 Å². The fourth-order valence-electron chi connectivity index (χ4n) is 3.51. The number of hydrogen-bond acceptors (Lipinski definition) is 13. The van der Waals surface area contributed by atoms with Crippen LogP contribution in [0.5, 0.6) is 0 Å². The average Bonchev–Trinajstić information content (AvgIpc) is 2.66. The lowest BCUT2D eigenvalue weighted by molar-refractivity contribution is -0.336. The van der Waals surface area contributed by atoms with Crippen LogP contribution in [0.2, 0.25) is 0 Å². The van der Waals surface area contributed by atoms with Crippen LogP contribution in [0.4, 0.5) is 0 Å². The second-order valence-corrected chi connectivity index (χ2v) is 8.53. The predicted molar refractivity (Wildman–Crippen MR) is 98.8 cm³/mol. The first-order valence-corrected chi connectivity index (χ1v) is 10.8. The van der Waals surface area contributed by atoms with E-state index in [9.17, 15) is 43.5 Å². The highest BCUT2D eigenvalue weighted by atomic mass is 32.3. The van der Waals surface area contributed by atoms with Crippen LogP contribution in [-0.2, 0) is 38.4 Å². The van der Waals surface area contributed by atoms with Gasteiger partial charge in [-0.1, -0.05) is 0 Å². The van der Waals surface area contributed by atoms with E-state index in [0.29, 0.717) is 0 Å². The van der Waals surface area contributed by atoms with E-state index in [1.54, 1.807) is 0 Å². The highest BCUT2D eigenvalue weighted by Crippen LogP contribution is 2.31. The summed E-state index contributed by atoms with van der Waals surface area (Å²) in [5, 5.41) is 52.4. The average molecular weight is 489 g/mol. The molecular formula is C16H27NO14S. The summed E-state index contributed by atoms with van der Waals surface area (Å²) in [4.78, 5) is 23.0. The van der Waals surface area contributed by atoms with Gasteiger partial charge in [0.15, 0.2) is 12.6 Å². The smallest absolute Gasteiger partial charge is 0.394 e. The topological polar surface area (TPSA) is 239 Å². The van der Waals surface area contributed by atoms with E-state index < -0.39 is 90.0 Å². The molecular weight excluding hydrogens is 462 g/mol.